The number of piperazine rings is 1. The zero-order valence-electron chi connectivity index (χ0n) is 19.1. The summed E-state index contributed by atoms with van der Waals surface area (Å²) in [6.07, 6.45) is -0.497. The van der Waals surface area contributed by atoms with Crippen LogP contribution in [0.1, 0.15) is 16.1 Å². The monoisotopic (exact) mass is 477 g/mol. The van der Waals surface area contributed by atoms with Crippen LogP contribution < -0.4 is 4.90 Å². The average Bonchev–Trinajstić information content (AvgIpc) is 3.26. The zero-order chi connectivity index (χ0) is 23.7. The molecule has 2 aromatic carbocycles. The third-order valence-corrected chi connectivity index (χ3v) is 6.87. The lowest BCUT2D eigenvalue weighted by Crippen LogP contribution is -2.54. The maximum absolute atomic E-state index is 12.8. The van der Waals surface area contributed by atoms with Crippen molar-refractivity contribution < 1.29 is 9.90 Å². The van der Waals surface area contributed by atoms with Gasteiger partial charge in [0.2, 0.25) is 5.95 Å². The lowest BCUT2D eigenvalue weighted by Gasteiger charge is -2.38. The summed E-state index contributed by atoms with van der Waals surface area (Å²) in [7, 11) is 0. The quantitative estimate of drug-likeness (QED) is 0.622. The summed E-state index contributed by atoms with van der Waals surface area (Å²) in [5.41, 5.74) is 3.48. The minimum absolute atomic E-state index is 0.0166. The topological polar surface area (TPSA) is 72.8 Å². The minimum atomic E-state index is -0.497. The predicted octanol–water partition coefficient (Wildman–Crippen LogP) is 3.11. The molecular formula is C26H28ClN5O2. The van der Waals surface area contributed by atoms with Crippen LogP contribution in [0.3, 0.4) is 0 Å². The lowest BCUT2D eigenvalue weighted by molar-refractivity contribution is 0.0376. The van der Waals surface area contributed by atoms with Gasteiger partial charge in [-0.2, -0.15) is 0 Å². The SMILES string of the molecule is Cc1cc(-c2ccccc2)nc(N2C[C@H](O)[C@@H](N3CCN(C(=O)c4ccc(Cl)cc4)CC3)C2)n1. The second kappa shape index (κ2) is 9.70. The van der Waals surface area contributed by atoms with Gasteiger partial charge < -0.3 is 14.9 Å². The predicted molar refractivity (Wildman–Crippen MR) is 133 cm³/mol. The number of β-amino-alcohol motifs (C(OH)–C–C–N with tert-alkyl or cyclic N) is 1. The third-order valence-electron chi connectivity index (χ3n) is 6.62. The Balaban J connectivity index is 1.24. The van der Waals surface area contributed by atoms with Gasteiger partial charge in [0.05, 0.1) is 17.8 Å². The standard InChI is InChI=1S/C26H28ClN5O2/c1-18-15-22(19-5-3-2-4-6-19)29-26(28-18)32-16-23(24(33)17-32)30-11-13-31(14-12-30)25(34)20-7-9-21(27)10-8-20/h2-10,15,23-24,33H,11-14,16-17H2,1H3/t23-,24-/m0/s1. The van der Waals surface area contributed by atoms with Gasteiger partial charge in [-0.25, -0.2) is 9.97 Å². The number of aliphatic hydroxyl groups is 1. The number of benzene rings is 2. The van der Waals surface area contributed by atoms with Gasteiger partial charge in [-0.3, -0.25) is 9.69 Å². The van der Waals surface area contributed by atoms with Crippen LogP contribution in [0.25, 0.3) is 11.3 Å². The molecule has 34 heavy (non-hydrogen) atoms. The molecule has 0 unspecified atom stereocenters. The van der Waals surface area contributed by atoms with Gasteiger partial charge in [-0.05, 0) is 37.3 Å². The first-order valence-corrected chi connectivity index (χ1v) is 12.0. The number of amides is 1. The minimum Gasteiger partial charge on any atom is -0.390 e. The zero-order valence-corrected chi connectivity index (χ0v) is 19.9. The summed E-state index contributed by atoms with van der Waals surface area (Å²) in [6.45, 7) is 5.82. The van der Waals surface area contributed by atoms with Crippen LogP contribution in [0.5, 0.6) is 0 Å². The van der Waals surface area contributed by atoms with Gasteiger partial charge in [0.1, 0.15) is 0 Å². The van der Waals surface area contributed by atoms with Gasteiger partial charge in [-0.15, -0.1) is 0 Å². The van der Waals surface area contributed by atoms with Gasteiger partial charge in [-0.1, -0.05) is 41.9 Å². The molecular weight excluding hydrogens is 450 g/mol. The molecule has 1 amide bonds. The summed E-state index contributed by atoms with van der Waals surface area (Å²) >= 11 is 5.94. The maximum Gasteiger partial charge on any atom is 0.253 e. The Morgan fingerprint density at radius 2 is 1.68 bits per heavy atom. The Kier molecular flexibility index (Phi) is 6.50. The molecule has 2 aliphatic heterocycles. The number of rotatable bonds is 4. The molecule has 2 aliphatic rings. The van der Waals surface area contributed by atoms with Crippen molar-refractivity contribution in [1.29, 1.82) is 0 Å². The van der Waals surface area contributed by atoms with Crippen molar-refractivity contribution in [2.45, 2.75) is 19.1 Å². The van der Waals surface area contributed by atoms with E-state index in [1.54, 1.807) is 24.3 Å². The molecule has 8 heteroatoms. The van der Waals surface area contributed by atoms with E-state index in [1.807, 2.05) is 48.2 Å². The number of aliphatic hydroxyl groups excluding tert-OH is 1. The van der Waals surface area contributed by atoms with Gasteiger partial charge in [0.25, 0.3) is 5.91 Å². The van der Waals surface area contributed by atoms with Crippen molar-refractivity contribution in [3.05, 3.63) is 76.9 Å². The first-order valence-electron chi connectivity index (χ1n) is 11.6. The van der Waals surface area contributed by atoms with E-state index in [1.165, 1.54) is 0 Å². The van der Waals surface area contributed by atoms with Crippen LogP contribution in [0.2, 0.25) is 5.02 Å². The molecule has 0 saturated carbocycles. The third kappa shape index (κ3) is 4.78. The van der Waals surface area contributed by atoms with E-state index in [2.05, 4.69) is 14.8 Å². The second-order valence-corrected chi connectivity index (χ2v) is 9.37. The van der Waals surface area contributed by atoms with Crippen molar-refractivity contribution in [2.24, 2.45) is 0 Å². The number of carbonyl (C=O) groups excluding carboxylic acids is 1. The van der Waals surface area contributed by atoms with Crippen LogP contribution in [0.4, 0.5) is 5.95 Å². The fourth-order valence-electron chi connectivity index (χ4n) is 4.77. The molecule has 2 saturated heterocycles. The molecule has 7 nitrogen and oxygen atoms in total. The van der Waals surface area contributed by atoms with E-state index >= 15 is 0 Å². The van der Waals surface area contributed by atoms with Crippen molar-refractivity contribution >= 4 is 23.5 Å². The molecule has 1 aromatic heterocycles. The van der Waals surface area contributed by atoms with Crippen LogP contribution in [-0.4, -0.2) is 82.2 Å². The molecule has 176 valence electrons. The number of aromatic nitrogens is 2. The molecule has 3 aromatic rings. The van der Waals surface area contributed by atoms with E-state index in [4.69, 9.17) is 16.6 Å². The van der Waals surface area contributed by atoms with E-state index in [0.29, 0.717) is 42.7 Å². The molecule has 0 aliphatic carbocycles. The van der Waals surface area contributed by atoms with Crippen LogP contribution in [-0.2, 0) is 0 Å². The fourth-order valence-corrected chi connectivity index (χ4v) is 4.90. The Hall–Kier alpha value is -3.00. The van der Waals surface area contributed by atoms with Gasteiger partial charge >= 0.3 is 0 Å². The van der Waals surface area contributed by atoms with Gasteiger partial charge in [0, 0.05) is 61.1 Å². The van der Waals surface area contributed by atoms with Crippen molar-refractivity contribution in [1.82, 2.24) is 19.8 Å². The Bertz CT molecular complexity index is 1150. The highest BCUT2D eigenvalue weighted by Crippen LogP contribution is 2.25. The first kappa shape index (κ1) is 22.8. The lowest BCUT2D eigenvalue weighted by atomic mass is 10.1. The molecule has 0 bridgehead atoms. The highest BCUT2D eigenvalue weighted by molar-refractivity contribution is 6.30. The Morgan fingerprint density at radius 1 is 0.971 bits per heavy atom. The number of halogens is 1. The largest absolute Gasteiger partial charge is 0.390 e. The van der Waals surface area contributed by atoms with Crippen molar-refractivity contribution in [3.8, 4) is 11.3 Å². The molecule has 3 heterocycles. The number of hydrogen-bond acceptors (Lipinski definition) is 6. The molecule has 0 spiro atoms. The van der Waals surface area contributed by atoms with Crippen LogP contribution in [0.15, 0.2) is 60.7 Å². The van der Waals surface area contributed by atoms with E-state index in [9.17, 15) is 9.90 Å². The van der Waals surface area contributed by atoms with Crippen molar-refractivity contribution in [3.63, 3.8) is 0 Å². The number of nitrogens with zero attached hydrogens (tertiary/aromatic N) is 5. The summed E-state index contributed by atoms with van der Waals surface area (Å²) in [6, 6.07) is 19.0. The fraction of sp³-hybridized carbons (Fsp3) is 0.346. The summed E-state index contributed by atoms with van der Waals surface area (Å²) in [5.74, 6) is 0.670. The Labute approximate surface area is 204 Å². The highest BCUT2D eigenvalue weighted by atomic mass is 35.5. The van der Waals surface area contributed by atoms with Gasteiger partial charge in [0.15, 0.2) is 0 Å². The molecule has 2 atom stereocenters. The number of carbonyl (C=O) groups is 1. The maximum atomic E-state index is 12.8. The number of anilines is 1. The smallest absolute Gasteiger partial charge is 0.253 e. The summed E-state index contributed by atoms with van der Waals surface area (Å²) in [4.78, 5) is 28.5. The molecule has 5 rings (SSSR count). The number of aryl methyl sites for hydroxylation is 1. The van der Waals surface area contributed by atoms with E-state index in [0.717, 1.165) is 30.0 Å². The normalized spacial score (nSPS) is 21.1. The van der Waals surface area contributed by atoms with E-state index < -0.39 is 6.10 Å². The van der Waals surface area contributed by atoms with Crippen molar-refractivity contribution in [2.75, 3.05) is 44.2 Å². The van der Waals surface area contributed by atoms with Crippen LogP contribution in [0, 0.1) is 6.92 Å². The van der Waals surface area contributed by atoms with E-state index in [-0.39, 0.29) is 11.9 Å². The Morgan fingerprint density at radius 3 is 2.38 bits per heavy atom. The molecule has 0 radical (unpaired) electrons. The first-order chi connectivity index (χ1) is 16.5. The highest BCUT2D eigenvalue weighted by Gasteiger charge is 2.38. The van der Waals surface area contributed by atoms with Crippen LogP contribution >= 0.6 is 11.6 Å². The summed E-state index contributed by atoms with van der Waals surface area (Å²) in [5, 5.41) is 11.5. The second-order valence-electron chi connectivity index (χ2n) is 8.94. The average molecular weight is 478 g/mol. The molecule has 2 fully saturated rings. The number of hydrogen-bond donors (Lipinski definition) is 1. The summed E-state index contributed by atoms with van der Waals surface area (Å²) < 4.78 is 0. The molecule has 1 N–H and O–H groups in total.